The molecule has 0 saturated carbocycles. The molecule has 0 unspecified atom stereocenters. The highest BCUT2D eigenvalue weighted by Gasteiger charge is 2.17. The first-order chi connectivity index (χ1) is 14.3. The fourth-order valence-electron chi connectivity index (χ4n) is 5.09. The van der Waals surface area contributed by atoms with E-state index >= 15 is 0 Å². The molecule has 0 spiro atoms. The smallest absolute Gasteiger partial charge is 0.0979 e. The van der Waals surface area contributed by atoms with Crippen molar-refractivity contribution in [3.05, 3.63) is 82.0 Å². The van der Waals surface area contributed by atoms with Crippen LogP contribution in [-0.2, 0) is 0 Å². The topological polar surface area (TPSA) is 25.8 Å². The molecule has 30 heavy (non-hydrogen) atoms. The largest absolute Gasteiger partial charge is 0.252 e. The minimum absolute atomic E-state index is 0.947. The van der Waals surface area contributed by atoms with E-state index in [9.17, 15) is 0 Å². The number of rotatable bonds is 1. The van der Waals surface area contributed by atoms with Gasteiger partial charge in [-0.1, -0.05) is 41.5 Å². The summed E-state index contributed by atoms with van der Waals surface area (Å²) in [6.07, 6.45) is 1.95. The van der Waals surface area contributed by atoms with Gasteiger partial charge in [-0.15, -0.1) is 0 Å². The Morgan fingerprint density at radius 1 is 0.600 bits per heavy atom. The van der Waals surface area contributed by atoms with Crippen LogP contribution in [0.4, 0.5) is 0 Å². The Kier molecular flexibility index (Phi) is 4.14. The number of aryl methyl sites for hydroxylation is 6. The Labute approximate surface area is 177 Å². The summed E-state index contributed by atoms with van der Waals surface area (Å²) in [6, 6.07) is 15.5. The average molecular weight is 391 g/mol. The Morgan fingerprint density at radius 2 is 1.13 bits per heavy atom. The summed E-state index contributed by atoms with van der Waals surface area (Å²) in [6.45, 7) is 13.0. The minimum atomic E-state index is 0.947. The molecule has 0 atom stereocenters. The summed E-state index contributed by atoms with van der Waals surface area (Å²) in [5.41, 5.74) is 11.7. The van der Waals surface area contributed by atoms with Crippen LogP contribution < -0.4 is 0 Å². The first kappa shape index (κ1) is 18.7. The van der Waals surface area contributed by atoms with Gasteiger partial charge in [0, 0.05) is 16.3 Å². The van der Waals surface area contributed by atoms with Gasteiger partial charge < -0.3 is 0 Å². The van der Waals surface area contributed by atoms with Gasteiger partial charge in [0.15, 0.2) is 0 Å². The molecular formula is C28H26N2. The number of hydrogen-bond acceptors (Lipinski definition) is 2. The summed E-state index contributed by atoms with van der Waals surface area (Å²) in [5.74, 6) is 0. The van der Waals surface area contributed by atoms with Crippen LogP contribution in [-0.4, -0.2) is 9.97 Å². The Hall–Kier alpha value is -3.26. The standard InChI is InChI=1S/C28H26N2/c1-15-10-19(5)25-21(12-15)27-28(22-13-16(2)11-20(6)26(22)25)30-23(14-29-27)24-17(3)8-7-9-18(24)4/h7-14H,1-6H3. The molecule has 0 aliphatic heterocycles. The van der Waals surface area contributed by atoms with Crippen LogP contribution in [0.15, 0.2) is 48.7 Å². The van der Waals surface area contributed by atoms with Gasteiger partial charge in [-0.2, -0.15) is 0 Å². The van der Waals surface area contributed by atoms with Crippen LogP contribution in [0.3, 0.4) is 0 Å². The first-order valence-electron chi connectivity index (χ1n) is 10.5. The zero-order chi connectivity index (χ0) is 21.2. The lowest BCUT2D eigenvalue weighted by molar-refractivity contribution is 1.27. The normalized spacial score (nSPS) is 11.7. The molecule has 0 radical (unpaired) electrons. The van der Waals surface area contributed by atoms with Gasteiger partial charge in [-0.05, 0) is 86.7 Å². The fraction of sp³-hybridized carbons (Fsp3) is 0.214. The van der Waals surface area contributed by atoms with E-state index in [1.807, 2.05) is 6.20 Å². The zero-order valence-electron chi connectivity index (χ0n) is 18.5. The first-order valence-corrected chi connectivity index (χ1v) is 10.5. The molecule has 0 fully saturated rings. The summed E-state index contributed by atoms with van der Waals surface area (Å²) >= 11 is 0. The molecule has 5 rings (SSSR count). The Bertz CT molecular complexity index is 1470. The zero-order valence-corrected chi connectivity index (χ0v) is 18.5. The van der Waals surface area contributed by atoms with Crippen molar-refractivity contribution in [2.75, 3.05) is 0 Å². The van der Waals surface area contributed by atoms with Crippen molar-refractivity contribution in [2.45, 2.75) is 41.5 Å². The lowest BCUT2D eigenvalue weighted by Gasteiger charge is -2.16. The van der Waals surface area contributed by atoms with Crippen LogP contribution >= 0.6 is 0 Å². The van der Waals surface area contributed by atoms with Crippen LogP contribution in [0.1, 0.15) is 33.4 Å². The number of hydrogen-bond donors (Lipinski definition) is 0. The van der Waals surface area contributed by atoms with E-state index in [1.54, 1.807) is 0 Å². The molecule has 0 amide bonds. The lowest BCUT2D eigenvalue weighted by atomic mass is 9.91. The molecule has 0 N–H and O–H groups in total. The highest BCUT2D eigenvalue weighted by molar-refractivity contribution is 6.25. The van der Waals surface area contributed by atoms with E-state index in [4.69, 9.17) is 9.97 Å². The highest BCUT2D eigenvalue weighted by Crippen LogP contribution is 2.39. The van der Waals surface area contributed by atoms with E-state index in [0.29, 0.717) is 0 Å². The summed E-state index contributed by atoms with van der Waals surface area (Å²) < 4.78 is 0. The van der Waals surface area contributed by atoms with E-state index < -0.39 is 0 Å². The van der Waals surface area contributed by atoms with E-state index in [0.717, 1.165) is 16.7 Å². The molecule has 2 nitrogen and oxygen atoms in total. The summed E-state index contributed by atoms with van der Waals surface area (Å²) in [4.78, 5) is 10.2. The lowest BCUT2D eigenvalue weighted by Crippen LogP contribution is -1.97. The van der Waals surface area contributed by atoms with E-state index in [-0.39, 0.29) is 0 Å². The summed E-state index contributed by atoms with van der Waals surface area (Å²) in [5, 5.41) is 4.99. The van der Waals surface area contributed by atoms with E-state index in [2.05, 4.69) is 84.0 Å². The van der Waals surface area contributed by atoms with Gasteiger partial charge in [0.2, 0.25) is 0 Å². The second kappa shape index (κ2) is 6.63. The third kappa shape index (κ3) is 2.71. The molecule has 1 aromatic heterocycles. The third-order valence-electron chi connectivity index (χ3n) is 6.23. The number of aromatic nitrogens is 2. The van der Waals surface area contributed by atoms with Gasteiger partial charge in [0.1, 0.15) is 0 Å². The van der Waals surface area contributed by atoms with Gasteiger partial charge in [0.05, 0.1) is 22.9 Å². The molecule has 5 aromatic rings. The monoisotopic (exact) mass is 390 g/mol. The van der Waals surface area contributed by atoms with Gasteiger partial charge in [0.25, 0.3) is 0 Å². The van der Waals surface area contributed by atoms with Crippen molar-refractivity contribution in [1.82, 2.24) is 9.97 Å². The molecule has 0 aliphatic carbocycles. The quantitative estimate of drug-likeness (QED) is 0.278. The number of nitrogens with zero attached hydrogens (tertiary/aromatic N) is 2. The molecule has 0 bridgehead atoms. The SMILES string of the molecule is Cc1cc(C)c2c(c1)c1ncc(-c3c(C)cccc3C)nc1c1cc(C)cc(C)c12. The Morgan fingerprint density at radius 3 is 1.70 bits per heavy atom. The minimum Gasteiger partial charge on any atom is -0.252 e. The molecule has 1 heterocycles. The van der Waals surface area contributed by atoms with Crippen LogP contribution in [0.25, 0.3) is 43.8 Å². The van der Waals surface area contributed by atoms with Crippen molar-refractivity contribution in [2.24, 2.45) is 0 Å². The number of fused-ring (bicyclic) bond motifs is 6. The maximum atomic E-state index is 5.22. The second-order valence-electron chi connectivity index (χ2n) is 8.73. The van der Waals surface area contributed by atoms with Crippen LogP contribution in [0, 0.1) is 41.5 Å². The maximum Gasteiger partial charge on any atom is 0.0979 e. The van der Waals surface area contributed by atoms with Crippen molar-refractivity contribution >= 4 is 32.6 Å². The maximum absolute atomic E-state index is 5.22. The second-order valence-corrected chi connectivity index (χ2v) is 8.73. The van der Waals surface area contributed by atoms with Crippen LogP contribution in [0.5, 0.6) is 0 Å². The van der Waals surface area contributed by atoms with E-state index in [1.165, 1.54) is 60.5 Å². The molecule has 0 aliphatic rings. The fourth-order valence-corrected chi connectivity index (χ4v) is 5.09. The van der Waals surface area contributed by atoms with Crippen molar-refractivity contribution in [3.8, 4) is 11.3 Å². The predicted molar refractivity (Wildman–Crippen MR) is 128 cm³/mol. The van der Waals surface area contributed by atoms with Crippen molar-refractivity contribution < 1.29 is 0 Å². The molecular weight excluding hydrogens is 364 g/mol. The molecule has 2 heteroatoms. The predicted octanol–water partition coefficient (Wildman–Crippen LogP) is 7.45. The molecule has 0 saturated heterocycles. The third-order valence-corrected chi connectivity index (χ3v) is 6.23. The molecule has 148 valence electrons. The van der Waals surface area contributed by atoms with Gasteiger partial charge in [-0.3, -0.25) is 4.98 Å². The average Bonchev–Trinajstić information content (AvgIpc) is 2.67. The summed E-state index contributed by atoms with van der Waals surface area (Å²) in [7, 11) is 0. The molecule has 4 aromatic carbocycles. The Balaban J connectivity index is 2.03. The van der Waals surface area contributed by atoms with Gasteiger partial charge >= 0.3 is 0 Å². The van der Waals surface area contributed by atoms with Crippen molar-refractivity contribution in [1.29, 1.82) is 0 Å². The highest BCUT2D eigenvalue weighted by atomic mass is 14.8. The van der Waals surface area contributed by atoms with Crippen LogP contribution in [0.2, 0.25) is 0 Å². The number of benzene rings is 4. The van der Waals surface area contributed by atoms with Gasteiger partial charge in [-0.25, -0.2) is 4.98 Å². The van der Waals surface area contributed by atoms with Crippen molar-refractivity contribution in [3.63, 3.8) is 0 Å².